The molecule has 0 bridgehead atoms. The largest absolute Gasteiger partial charge is 0.497 e. The second-order valence-corrected chi connectivity index (χ2v) is 6.98. The fourth-order valence-electron chi connectivity index (χ4n) is 2.77. The molecule has 0 fully saturated rings. The highest BCUT2D eigenvalue weighted by molar-refractivity contribution is 7.14. The number of hydrogen-bond acceptors (Lipinski definition) is 5. The van der Waals surface area contributed by atoms with Gasteiger partial charge >= 0.3 is 0 Å². The van der Waals surface area contributed by atoms with E-state index in [-0.39, 0.29) is 0 Å². The molecular weight excluding hydrogens is 366 g/mol. The quantitative estimate of drug-likeness (QED) is 0.330. The van der Waals surface area contributed by atoms with Crippen LogP contribution in [0.5, 0.6) is 5.75 Å². The molecule has 0 saturated carbocycles. The van der Waals surface area contributed by atoms with Crippen molar-refractivity contribution in [2.45, 2.75) is 0 Å². The van der Waals surface area contributed by atoms with Gasteiger partial charge in [-0.05, 0) is 41.0 Å². The predicted molar refractivity (Wildman–Crippen MR) is 117 cm³/mol. The number of benzene rings is 3. The van der Waals surface area contributed by atoms with E-state index in [1.807, 2.05) is 47.8 Å². The lowest BCUT2D eigenvalue weighted by molar-refractivity contribution is 0.415. The van der Waals surface area contributed by atoms with Crippen molar-refractivity contribution in [3.8, 4) is 28.1 Å². The Hall–Kier alpha value is -3.44. The minimum Gasteiger partial charge on any atom is -0.497 e. The van der Waals surface area contributed by atoms with E-state index in [4.69, 9.17) is 4.74 Å². The summed E-state index contributed by atoms with van der Waals surface area (Å²) in [6.45, 7) is 0. The molecule has 1 aromatic heterocycles. The zero-order chi connectivity index (χ0) is 19.2. The second kappa shape index (κ2) is 8.50. The van der Waals surface area contributed by atoms with Gasteiger partial charge in [0.1, 0.15) is 5.75 Å². The molecule has 4 aromatic rings. The standard InChI is InChI=1S/C23H19N3OS/c1-27-21-13-11-20(12-14-21)22-16-28-23(25-22)26-24-15-17-7-9-19(10-8-17)18-5-3-2-4-6-18/h2-16H,1H3,(H,25,26)/b24-15+. The summed E-state index contributed by atoms with van der Waals surface area (Å²) in [5.41, 5.74) is 8.39. The van der Waals surface area contributed by atoms with Crippen molar-refractivity contribution < 1.29 is 4.74 Å². The van der Waals surface area contributed by atoms with Crippen LogP contribution in [0.3, 0.4) is 0 Å². The van der Waals surface area contributed by atoms with Gasteiger partial charge in [0.05, 0.1) is 19.0 Å². The molecule has 0 radical (unpaired) electrons. The number of hydrazone groups is 1. The van der Waals surface area contributed by atoms with Crippen LogP contribution in [0.15, 0.2) is 89.3 Å². The topological polar surface area (TPSA) is 46.5 Å². The highest BCUT2D eigenvalue weighted by Gasteiger charge is 2.04. The van der Waals surface area contributed by atoms with Crippen molar-refractivity contribution in [2.24, 2.45) is 5.10 Å². The molecule has 5 heteroatoms. The lowest BCUT2D eigenvalue weighted by atomic mass is 10.0. The van der Waals surface area contributed by atoms with Gasteiger partial charge in [-0.25, -0.2) is 4.98 Å². The SMILES string of the molecule is COc1ccc(-c2csc(N/N=C/c3ccc(-c4ccccc4)cc3)n2)cc1. The Bertz CT molecular complexity index is 1060. The molecule has 0 atom stereocenters. The zero-order valence-electron chi connectivity index (χ0n) is 15.4. The first-order chi connectivity index (χ1) is 13.8. The van der Waals surface area contributed by atoms with E-state index in [0.29, 0.717) is 0 Å². The number of anilines is 1. The molecule has 28 heavy (non-hydrogen) atoms. The van der Waals surface area contributed by atoms with Gasteiger partial charge in [0.15, 0.2) is 0 Å². The summed E-state index contributed by atoms with van der Waals surface area (Å²) >= 11 is 1.52. The maximum Gasteiger partial charge on any atom is 0.203 e. The van der Waals surface area contributed by atoms with Crippen molar-refractivity contribution in [1.82, 2.24) is 4.98 Å². The number of nitrogens with zero attached hydrogens (tertiary/aromatic N) is 2. The van der Waals surface area contributed by atoms with Crippen LogP contribution in [0.4, 0.5) is 5.13 Å². The van der Waals surface area contributed by atoms with Gasteiger partial charge in [0.25, 0.3) is 0 Å². The van der Waals surface area contributed by atoms with E-state index in [1.54, 1.807) is 13.3 Å². The Morgan fingerprint density at radius 2 is 1.54 bits per heavy atom. The molecule has 3 aromatic carbocycles. The lowest BCUT2D eigenvalue weighted by Gasteiger charge is -2.01. The van der Waals surface area contributed by atoms with E-state index in [0.717, 1.165) is 27.7 Å². The summed E-state index contributed by atoms with van der Waals surface area (Å²) in [7, 11) is 1.66. The van der Waals surface area contributed by atoms with Gasteiger partial charge in [-0.3, -0.25) is 5.43 Å². The molecule has 1 N–H and O–H groups in total. The molecule has 0 aliphatic heterocycles. The number of rotatable bonds is 6. The normalized spacial score (nSPS) is 10.9. The number of nitrogens with one attached hydrogen (secondary N) is 1. The molecule has 0 unspecified atom stereocenters. The molecule has 138 valence electrons. The minimum atomic E-state index is 0.753. The van der Waals surface area contributed by atoms with E-state index < -0.39 is 0 Å². The maximum absolute atomic E-state index is 5.19. The molecular formula is C23H19N3OS. The Morgan fingerprint density at radius 3 is 2.25 bits per heavy atom. The summed E-state index contributed by atoms with van der Waals surface area (Å²) < 4.78 is 5.19. The van der Waals surface area contributed by atoms with Gasteiger partial charge in [-0.2, -0.15) is 5.10 Å². The first-order valence-corrected chi connectivity index (χ1v) is 9.74. The number of hydrogen-bond donors (Lipinski definition) is 1. The highest BCUT2D eigenvalue weighted by atomic mass is 32.1. The zero-order valence-corrected chi connectivity index (χ0v) is 16.2. The van der Waals surface area contributed by atoms with Crippen molar-refractivity contribution in [3.63, 3.8) is 0 Å². The Balaban J connectivity index is 1.39. The summed E-state index contributed by atoms with van der Waals surface area (Å²) in [4.78, 5) is 4.57. The third-order valence-electron chi connectivity index (χ3n) is 4.28. The van der Waals surface area contributed by atoms with Gasteiger partial charge in [0, 0.05) is 10.9 Å². The van der Waals surface area contributed by atoms with E-state index in [2.05, 4.69) is 51.9 Å². The van der Waals surface area contributed by atoms with Gasteiger partial charge in [-0.1, -0.05) is 54.6 Å². The summed E-state index contributed by atoms with van der Waals surface area (Å²) in [6, 6.07) is 26.5. The van der Waals surface area contributed by atoms with Crippen molar-refractivity contribution in [3.05, 3.63) is 89.8 Å². The van der Waals surface area contributed by atoms with Crippen LogP contribution in [-0.2, 0) is 0 Å². The molecule has 0 saturated heterocycles. The maximum atomic E-state index is 5.19. The number of thiazole rings is 1. The lowest BCUT2D eigenvalue weighted by Crippen LogP contribution is -1.90. The molecule has 4 rings (SSSR count). The molecule has 0 amide bonds. The van der Waals surface area contributed by atoms with Crippen LogP contribution >= 0.6 is 11.3 Å². The van der Waals surface area contributed by atoms with Crippen molar-refractivity contribution in [2.75, 3.05) is 12.5 Å². The number of ether oxygens (including phenoxy) is 1. The first-order valence-electron chi connectivity index (χ1n) is 8.86. The monoisotopic (exact) mass is 385 g/mol. The van der Waals surface area contributed by atoms with E-state index >= 15 is 0 Å². The van der Waals surface area contributed by atoms with Gasteiger partial charge in [0.2, 0.25) is 5.13 Å². The Kier molecular flexibility index (Phi) is 5.45. The van der Waals surface area contributed by atoms with Crippen LogP contribution in [0.1, 0.15) is 5.56 Å². The molecule has 0 aliphatic carbocycles. The average Bonchev–Trinajstić information content (AvgIpc) is 3.24. The summed E-state index contributed by atoms with van der Waals surface area (Å²) in [5.74, 6) is 0.834. The Labute approximate surface area is 168 Å². The molecule has 0 aliphatic rings. The van der Waals surface area contributed by atoms with E-state index in [1.165, 1.54) is 22.5 Å². The highest BCUT2D eigenvalue weighted by Crippen LogP contribution is 2.26. The average molecular weight is 385 g/mol. The van der Waals surface area contributed by atoms with Crippen LogP contribution in [0, 0.1) is 0 Å². The number of aromatic nitrogens is 1. The molecule has 4 nitrogen and oxygen atoms in total. The second-order valence-electron chi connectivity index (χ2n) is 6.12. The van der Waals surface area contributed by atoms with Crippen LogP contribution in [-0.4, -0.2) is 18.3 Å². The minimum absolute atomic E-state index is 0.753. The van der Waals surface area contributed by atoms with E-state index in [9.17, 15) is 0 Å². The summed E-state index contributed by atoms with van der Waals surface area (Å²) in [5, 5.41) is 7.06. The predicted octanol–water partition coefficient (Wildman–Crippen LogP) is 5.93. The molecule has 0 spiro atoms. The fraction of sp³-hybridized carbons (Fsp3) is 0.0435. The van der Waals surface area contributed by atoms with Gasteiger partial charge < -0.3 is 4.74 Å². The third-order valence-corrected chi connectivity index (χ3v) is 5.03. The summed E-state index contributed by atoms with van der Waals surface area (Å²) in [6.07, 6.45) is 1.79. The van der Waals surface area contributed by atoms with Crippen LogP contribution in [0.2, 0.25) is 0 Å². The molecule has 1 heterocycles. The van der Waals surface area contributed by atoms with Crippen LogP contribution in [0.25, 0.3) is 22.4 Å². The van der Waals surface area contributed by atoms with Gasteiger partial charge in [-0.15, -0.1) is 11.3 Å². The first kappa shape index (κ1) is 17.9. The van der Waals surface area contributed by atoms with Crippen molar-refractivity contribution >= 4 is 22.7 Å². The van der Waals surface area contributed by atoms with Crippen molar-refractivity contribution in [1.29, 1.82) is 0 Å². The van der Waals surface area contributed by atoms with Crippen LogP contribution < -0.4 is 10.2 Å². The number of methoxy groups -OCH3 is 1. The smallest absolute Gasteiger partial charge is 0.203 e. The fourth-order valence-corrected chi connectivity index (χ4v) is 3.44. The Morgan fingerprint density at radius 1 is 0.857 bits per heavy atom. The third kappa shape index (κ3) is 4.27.